The van der Waals surface area contributed by atoms with Crippen molar-refractivity contribution in [1.82, 2.24) is 10.6 Å². The molecule has 2 atom stereocenters. The van der Waals surface area contributed by atoms with Crippen LogP contribution in [0, 0.1) is 5.92 Å². The second-order valence-electron chi connectivity index (χ2n) is 4.69. The van der Waals surface area contributed by atoms with Crippen LogP contribution in [-0.4, -0.2) is 25.2 Å². The number of furan rings is 1. The van der Waals surface area contributed by atoms with Crippen LogP contribution in [0.15, 0.2) is 23.0 Å². The van der Waals surface area contributed by atoms with Gasteiger partial charge in [-0.3, -0.25) is 4.79 Å². The van der Waals surface area contributed by atoms with Gasteiger partial charge < -0.3 is 19.8 Å². The quantitative estimate of drug-likeness (QED) is 0.808. The topological polar surface area (TPSA) is 80.6 Å². The molecule has 1 aromatic rings. The molecule has 1 aromatic heterocycles. The first-order valence-electron chi connectivity index (χ1n) is 6.32. The van der Waals surface area contributed by atoms with E-state index in [1.54, 1.807) is 18.6 Å². The zero-order valence-electron chi connectivity index (χ0n) is 10.8. The zero-order chi connectivity index (χ0) is 13.7. The SMILES string of the molecule is COC(=O)[C@H]1CC[C@@H](NC(=O)NCc2ccoc2)C1. The fraction of sp³-hybridized carbons (Fsp3) is 0.538. The summed E-state index contributed by atoms with van der Waals surface area (Å²) in [6.07, 6.45) is 5.36. The lowest BCUT2D eigenvalue weighted by atomic mass is 10.1. The fourth-order valence-corrected chi connectivity index (χ4v) is 2.31. The standard InChI is InChI=1S/C13H18N2O4/c1-18-12(16)10-2-3-11(6-10)15-13(17)14-7-9-4-5-19-8-9/h4-5,8,10-11H,2-3,6-7H2,1H3,(H2,14,15,17)/t10-,11+/m0/s1. The minimum atomic E-state index is -0.225. The maximum atomic E-state index is 11.7. The molecule has 0 bridgehead atoms. The van der Waals surface area contributed by atoms with Gasteiger partial charge in [-0.05, 0) is 25.3 Å². The molecule has 1 fully saturated rings. The lowest BCUT2D eigenvalue weighted by Crippen LogP contribution is -2.40. The van der Waals surface area contributed by atoms with Gasteiger partial charge in [-0.2, -0.15) is 0 Å². The molecule has 2 N–H and O–H groups in total. The van der Waals surface area contributed by atoms with E-state index in [1.165, 1.54) is 7.11 Å². The van der Waals surface area contributed by atoms with Crippen LogP contribution in [0.25, 0.3) is 0 Å². The Morgan fingerprint density at radius 1 is 1.47 bits per heavy atom. The summed E-state index contributed by atoms with van der Waals surface area (Å²) in [5.74, 6) is -0.285. The molecule has 2 amide bonds. The van der Waals surface area contributed by atoms with Crippen molar-refractivity contribution in [3.8, 4) is 0 Å². The Kier molecular flexibility index (Phi) is 4.43. The highest BCUT2D eigenvalue weighted by atomic mass is 16.5. The van der Waals surface area contributed by atoms with E-state index in [2.05, 4.69) is 10.6 Å². The highest BCUT2D eigenvalue weighted by Crippen LogP contribution is 2.26. The molecule has 0 unspecified atom stereocenters. The number of carbonyl (C=O) groups excluding carboxylic acids is 2. The number of esters is 1. The number of methoxy groups -OCH3 is 1. The molecule has 104 valence electrons. The molecule has 19 heavy (non-hydrogen) atoms. The Morgan fingerprint density at radius 2 is 2.32 bits per heavy atom. The highest BCUT2D eigenvalue weighted by Gasteiger charge is 2.31. The molecule has 2 rings (SSSR count). The summed E-state index contributed by atoms with van der Waals surface area (Å²) in [7, 11) is 1.39. The number of carbonyl (C=O) groups is 2. The Balaban J connectivity index is 1.70. The van der Waals surface area contributed by atoms with Gasteiger partial charge >= 0.3 is 12.0 Å². The maximum Gasteiger partial charge on any atom is 0.315 e. The van der Waals surface area contributed by atoms with E-state index in [1.807, 2.05) is 0 Å². The first-order chi connectivity index (χ1) is 9.19. The second kappa shape index (κ2) is 6.26. The Labute approximate surface area is 111 Å². The number of amides is 2. The van der Waals surface area contributed by atoms with Gasteiger partial charge in [0.1, 0.15) is 0 Å². The average Bonchev–Trinajstić information content (AvgIpc) is 3.06. The summed E-state index contributed by atoms with van der Waals surface area (Å²) < 4.78 is 9.62. The molecular weight excluding hydrogens is 248 g/mol. The van der Waals surface area contributed by atoms with Gasteiger partial charge in [0.05, 0.1) is 25.6 Å². The van der Waals surface area contributed by atoms with E-state index in [4.69, 9.17) is 9.15 Å². The van der Waals surface area contributed by atoms with Gasteiger partial charge in [0.25, 0.3) is 0 Å². The van der Waals surface area contributed by atoms with E-state index in [-0.39, 0.29) is 24.0 Å². The van der Waals surface area contributed by atoms with E-state index < -0.39 is 0 Å². The third kappa shape index (κ3) is 3.74. The molecule has 1 saturated carbocycles. The molecule has 1 heterocycles. The van der Waals surface area contributed by atoms with Crippen LogP contribution in [0.4, 0.5) is 4.79 Å². The van der Waals surface area contributed by atoms with E-state index in [9.17, 15) is 9.59 Å². The van der Waals surface area contributed by atoms with Gasteiger partial charge in [-0.1, -0.05) is 0 Å². The molecule has 0 spiro atoms. The van der Waals surface area contributed by atoms with Crippen LogP contribution >= 0.6 is 0 Å². The second-order valence-corrected chi connectivity index (χ2v) is 4.69. The highest BCUT2D eigenvalue weighted by molar-refractivity contribution is 5.75. The minimum absolute atomic E-state index is 0.0356. The van der Waals surface area contributed by atoms with Crippen LogP contribution < -0.4 is 10.6 Å². The fourth-order valence-electron chi connectivity index (χ4n) is 2.31. The number of urea groups is 1. The smallest absolute Gasteiger partial charge is 0.315 e. The molecule has 0 aliphatic heterocycles. The van der Waals surface area contributed by atoms with Crippen LogP contribution in [-0.2, 0) is 16.1 Å². The van der Waals surface area contributed by atoms with Crippen molar-refractivity contribution in [2.45, 2.75) is 31.8 Å². The van der Waals surface area contributed by atoms with Crippen molar-refractivity contribution in [1.29, 1.82) is 0 Å². The third-order valence-electron chi connectivity index (χ3n) is 3.34. The third-order valence-corrected chi connectivity index (χ3v) is 3.34. The van der Waals surface area contributed by atoms with Gasteiger partial charge in [0, 0.05) is 18.2 Å². The van der Waals surface area contributed by atoms with E-state index in [0.29, 0.717) is 13.0 Å². The summed E-state index contributed by atoms with van der Waals surface area (Å²) in [6, 6.07) is 1.61. The lowest BCUT2D eigenvalue weighted by molar-refractivity contribution is -0.145. The zero-order valence-corrected chi connectivity index (χ0v) is 10.8. The van der Waals surface area contributed by atoms with E-state index in [0.717, 1.165) is 18.4 Å². The number of hydrogen-bond donors (Lipinski definition) is 2. The average molecular weight is 266 g/mol. The first kappa shape index (κ1) is 13.5. The summed E-state index contributed by atoms with van der Waals surface area (Å²) in [5.41, 5.74) is 0.911. The van der Waals surface area contributed by atoms with Gasteiger partial charge in [0.2, 0.25) is 0 Å². The molecule has 6 nitrogen and oxygen atoms in total. The van der Waals surface area contributed by atoms with E-state index >= 15 is 0 Å². The van der Waals surface area contributed by atoms with Gasteiger partial charge in [-0.15, -0.1) is 0 Å². The number of rotatable bonds is 4. The molecule has 0 saturated heterocycles. The maximum absolute atomic E-state index is 11.7. The Hall–Kier alpha value is -1.98. The van der Waals surface area contributed by atoms with Gasteiger partial charge in [-0.25, -0.2) is 4.79 Å². The summed E-state index contributed by atoms with van der Waals surface area (Å²) in [6.45, 7) is 0.426. The van der Waals surface area contributed by atoms with Crippen molar-refractivity contribution >= 4 is 12.0 Å². The number of hydrogen-bond acceptors (Lipinski definition) is 4. The van der Waals surface area contributed by atoms with Crippen molar-refractivity contribution < 1.29 is 18.7 Å². The molecular formula is C13H18N2O4. The van der Waals surface area contributed by atoms with Crippen molar-refractivity contribution in [3.63, 3.8) is 0 Å². The summed E-state index contributed by atoms with van der Waals surface area (Å²) in [5, 5.41) is 5.61. The van der Waals surface area contributed by atoms with Crippen LogP contribution in [0.1, 0.15) is 24.8 Å². The molecule has 6 heteroatoms. The monoisotopic (exact) mass is 266 g/mol. The number of nitrogens with one attached hydrogen (secondary N) is 2. The van der Waals surface area contributed by atoms with Crippen LogP contribution in [0.2, 0.25) is 0 Å². The first-order valence-corrected chi connectivity index (χ1v) is 6.32. The predicted octanol–water partition coefficient (Wildman–Crippen LogP) is 1.42. The van der Waals surface area contributed by atoms with Crippen LogP contribution in [0.3, 0.4) is 0 Å². The molecule has 1 aliphatic carbocycles. The van der Waals surface area contributed by atoms with Crippen molar-refractivity contribution in [3.05, 3.63) is 24.2 Å². The Morgan fingerprint density at radius 3 is 3.00 bits per heavy atom. The normalized spacial score (nSPS) is 21.9. The largest absolute Gasteiger partial charge is 0.472 e. The van der Waals surface area contributed by atoms with Gasteiger partial charge in [0.15, 0.2) is 0 Å². The number of ether oxygens (including phenoxy) is 1. The molecule has 1 aliphatic rings. The molecule has 0 radical (unpaired) electrons. The van der Waals surface area contributed by atoms with Crippen molar-refractivity contribution in [2.24, 2.45) is 5.92 Å². The molecule has 0 aromatic carbocycles. The predicted molar refractivity (Wildman–Crippen MR) is 67.2 cm³/mol. The summed E-state index contributed by atoms with van der Waals surface area (Å²) in [4.78, 5) is 23.0. The Bertz CT molecular complexity index is 430. The minimum Gasteiger partial charge on any atom is -0.472 e. The lowest BCUT2D eigenvalue weighted by Gasteiger charge is -2.13. The van der Waals surface area contributed by atoms with Crippen LogP contribution in [0.5, 0.6) is 0 Å². The summed E-state index contributed by atoms with van der Waals surface area (Å²) >= 11 is 0. The van der Waals surface area contributed by atoms with Crippen molar-refractivity contribution in [2.75, 3.05) is 7.11 Å².